The zero-order valence-corrected chi connectivity index (χ0v) is 7.07. The van der Waals surface area contributed by atoms with E-state index in [-0.39, 0.29) is 5.78 Å². The fourth-order valence-corrected chi connectivity index (χ4v) is 1.33. The number of ketones is 1. The van der Waals surface area contributed by atoms with Crippen LogP contribution in [0.3, 0.4) is 0 Å². The van der Waals surface area contributed by atoms with Crippen LogP contribution in [0.1, 0.15) is 0 Å². The second kappa shape index (κ2) is 2.53. The van der Waals surface area contributed by atoms with Crippen molar-refractivity contribution in [3.8, 4) is 0 Å². The summed E-state index contributed by atoms with van der Waals surface area (Å²) in [5.74, 6) is 0.183. The molecular weight excluding hydrogens is 172 g/mol. The number of carbonyl (C=O) groups is 2. The Balaban J connectivity index is 2.40. The van der Waals surface area contributed by atoms with Crippen molar-refractivity contribution in [2.75, 3.05) is 13.7 Å². The fraction of sp³-hybridized carbons (Fsp3) is 0.333. The maximum absolute atomic E-state index is 11.4. The number of hydrogen-bond donors (Lipinski definition) is 0. The highest BCUT2D eigenvalue weighted by Crippen LogP contribution is 2.38. The van der Waals surface area contributed by atoms with Crippen LogP contribution in [0, 0.1) is 0 Å². The zero-order valence-electron chi connectivity index (χ0n) is 7.07. The van der Waals surface area contributed by atoms with Gasteiger partial charge in [-0.3, -0.25) is 9.59 Å². The lowest BCUT2D eigenvalue weighted by Gasteiger charge is -2.14. The number of rotatable bonds is 2. The maximum atomic E-state index is 11.4. The van der Waals surface area contributed by atoms with Gasteiger partial charge in [0.25, 0.3) is 0 Å². The van der Waals surface area contributed by atoms with Crippen LogP contribution in [-0.2, 0) is 19.1 Å². The van der Waals surface area contributed by atoms with Gasteiger partial charge in [0, 0.05) is 11.6 Å². The first kappa shape index (κ1) is 8.19. The van der Waals surface area contributed by atoms with Gasteiger partial charge >= 0.3 is 0 Å². The lowest BCUT2D eigenvalue weighted by Crippen LogP contribution is -2.29. The van der Waals surface area contributed by atoms with Crippen molar-refractivity contribution in [3.63, 3.8) is 0 Å². The van der Waals surface area contributed by atoms with E-state index in [2.05, 4.69) is 0 Å². The minimum atomic E-state index is -0.968. The van der Waals surface area contributed by atoms with E-state index in [4.69, 9.17) is 9.47 Å². The molecule has 0 radical (unpaired) electrons. The van der Waals surface area contributed by atoms with Crippen molar-refractivity contribution in [1.29, 1.82) is 0 Å². The highest BCUT2D eigenvalue weighted by molar-refractivity contribution is 6.08. The summed E-state index contributed by atoms with van der Waals surface area (Å²) in [5, 5.41) is 0. The van der Waals surface area contributed by atoms with Crippen molar-refractivity contribution >= 4 is 12.1 Å². The Labute approximate surface area is 74.8 Å². The van der Waals surface area contributed by atoms with Gasteiger partial charge in [0.1, 0.15) is 12.0 Å². The van der Waals surface area contributed by atoms with Crippen LogP contribution in [-0.4, -0.2) is 31.4 Å². The predicted octanol–water partition coefficient (Wildman–Crippen LogP) is -0.00630. The van der Waals surface area contributed by atoms with E-state index >= 15 is 0 Å². The summed E-state index contributed by atoms with van der Waals surface area (Å²) >= 11 is 0. The molecule has 1 fully saturated rings. The van der Waals surface area contributed by atoms with Gasteiger partial charge < -0.3 is 9.47 Å². The third-order valence-corrected chi connectivity index (χ3v) is 2.23. The first-order chi connectivity index (χ1) is 6.23. The van der Waals surface area contributed by atoms with E-state index < -0.39 is 5.60 Å². The molecule has 0 aromatic rings. The second-order valence-electron chi connectivity index (χ2n) is 2.95. The fourth-order valence-electron chi connectivity index (χ4n) is 1.33. The molecule has 1 heterocycles. The summed E-state index contributed by atoms with van der Waals surface area (Å²) in [4.78, 5) is 22.1. The Morgan fingerprint density at radius 3 is 2.77 bits per heavy atom. The molecule has 0 amide bonds. The van der Waals surface area contributed by atoms with Crippen LogP contribution >= 0.6 is 0 Å². The van der Waals surface area contributed by atoms with Crippen molar-refractivity contribution < 1.29 is 19.1 Å². The van der Waals surface area contributed by atoms with Crippen LogP contribution in [0.2, 0.25) is 0 Å². The summed E-state index contributed by atoms with van der Waals surface area (Å²) in [6.07, 6.45) is 3.51. The van der Waals surface area contributed by atoms with Gasteiger partial charge in [-0.1, -0.05) is 0 Å². The van der Waals surface area contributed by atoms with Crippen LogP contribution in [0.15, 0.2) is 23.5 Å². The topological polar surface area (TPSA) is 55.9 Å². The molecule has 4 heteroatoms. The Morgan fingerprint density at radius 2 is 2.31 bits per heavy atom. The average Bonchev–Trinajstić information content (AvgIpc) is 2.91. The number of methoxy groups -OCH3 is 1. The summed E-state index contributed by atoms with van der Waals surface area (Å²) in [6, 6.07) is 0. The number of hydrogen-bond acceptors (Lipinski definition) is 4. The minimum absolute atomic E-state index is 0.214. The number of carbonyl (C=O) groups excluding carboxylic acids is 2. The Morgan fingerprint density at radius 1 is 1.62 bits per heavy atom. The Hall–Kier alpha value is -1.42. The molecule has 0 bridgehead atoms. The summed E-state index contributed by atoms with van der Waals surface area (Å²) in [5.41, 5.74) is -0.624. The molecule has 0 aromatic heterocycles. The first-order valence-electron chi connectivity index (χ1n) is 3.84. The number of aldehydes is 1. The summed E-state index contributed by atoms with van der Waals surface area (Å²) in [6.45, 7) is 0.296. The first-order valence-corrected chi connectivity index (χ1v) is 3.84. The van der Waals surface area contributed by atoms with E-state index in [1.165, 1.54) is 19.3 Å². The standard InChI is InChI=1S/C9H8O4/c1-12-7-2-6(4-10)9(5-13-9)8(11)3-7/h2-4H,5H2,1H3/t9-/m0/s1. The van der Waals surface area contributed by atoms with E-state index in [0.717, 1.165) is 0 Å². The van der Waals surface area contributed by atoms with Gasteiger partial charge in [-0.2, -0.15) is 0 Å². The van der Waals surface area contributed by atoms with E-state index in [9.17, 15) is 9.59 Å². The molecule has 4 nitrogen and oxygen atoms in total. The van der Waals surface area contributed by atoms with Crippen molar-refractivity contribution in [2.24, 2.45) is 0 Å². The Bertz CT molecular complexity index is 334. The van der Waals surface area contributed by atoms with Crippen molar-refractivity contribution in [1.82, 2.24) is 0 Å². The highest BCUT2D eigenvalue weighted by Gasteiger charge is 2.55. The molecule has 2 rings (SSSR count). The largest absolute Gasteiger partial charge is 0.497 e. The minimum Gasteiger partial charge on any atom is -0.497 e. The SMILES string of the molecule is COC1=CC(=O)[C@]2(CO2)C(C=O)=C1. The van der Waals surface area contributed by atoms with Gasteiger partial charge in [0.15, 0.2) is 11.4 Å². The molecule has 1 atom stereocenters. The van der Waals surface area contributed by atoms with Gasteiger partial charge in [-0.25, -0.2) is 0 Å². The molecule has 0 N–H and O–H groups in total. The second-order valence-corrected chi connectivity index (χ2v) is 2.95. The number of epoxide rings is 1. The monoisotopic (exact) mass is 180 g/mol. The van der Waals surface area contributed by atoms with E-state index in [0.29, 0.717) is 24.2 Å². The molecule has 68 valence electrons. The lowest BCUT2D eigenvalue weighted by atomic mass is 9.91. The third kappa shape index (κ3) is 1.02. The molecule has 0 aromatic carbocycles. The average molecular weight is 180 g/mol. The molecular formula is C9H8O4. The molecule has 0 unspecified atom stereocenters. The molecule has 2 aliphatic rings. The maximum Gasteiger partial charge on any atom is 0.198 e. The summed E-state index contributed by atoms with van der Waals surface area (Å²) in [7, 11) is 1.45. The summed E-state index contributed by atoms with van der Waals surface area (Å²) < 4.78 is 9.86. The van der Waals surface area contributed by atoms with Crippen molar-refractivity contribution in [2.45, 2.75) is 5.60 Å². The molecule has 0 saturated carbocycles. The third-order valence-electron chi connectivity index (χ3n) is 2.23. The normalized spacial score (nSPS) is 31.0. The van der Waals surface area contributed by atoms with Gasteiger partial charge in [0.2, 0.25) is 0 Å². The molecule has 1 aliphatic heterocycles. The van der Waals surface area contributed by atoms with Crippen LogP contribution in [0.5, 0.6) is 0 Å². The Kier molecular flexibility index (Phi) is 1.60. The molecule has 1 saturated heterocycles. The van der Waals surface area contributed by atoms with E-state index in [1.807, 2.05) is 0 Å². The van der Waals surface area contributed by atoms with E-state index in [1.54, 1.807) is 0 Å². The molecule has 1 aliphatic carbocycles. The van der Waals surface area contributed by atoms with Crippen LogP contribution in [0.4, 0.5) is 0 Å². The van der Waals surface area contributed by atoms with Gasteiger partial charge in [-0.05, 0) is 6.08 Å². The lowest BCUT2D eigenvalue weighted by molar-refractivity contribution is -0.120. The molecule has 1 spiro atoms. The molecule has 13 heavy (non-hydrogen) atoms. The van der Waals surface area contributed by atoms with Crippen LogP contribution in [0.25, 0.3) is 0 Å². The van der Waals surface area contributed by atoms with Gasteiger partial charge in [0.05, 0.1) is 13.7 Å². The number of allylic oxidation sites excluding steroid dienone is 1. The quantitative estimate of drug-likeness (QED) is 0.443. The predicted molar refractivity (Wildman–Crippen MR) is 42.9 cm³/mol. The van der Waals surface area contributed by atoms with Crippen LogP contribution < -0.4 is 0 Å². The smallest absolute Gasteiger partial charge is 0.198 e. The van der Waals surface area contributed by atoms with Crippen molar-refractivity contribution in [3.05, 3.63) is 23.5 Å². The number of ether oxygens (including phenoxy) is 2. The van der Waals surface area contributed by atoms with Gasteiger partial charge in [-0.15, -0.1) is 0 Å². The zero-order chi connectivity index (χ0) is 9.47. The highest BCUT2D eigenvalue weighted by atomic mass is 16.6.